The Morgan fingerprint density at radius 3 is 2.86 bits per heavy atom. The number of rotatable bonds is 7. The highest BCUT2D eigenvalue weighted by molar-refractivity contribution is 8.26. The van der Waals surface area contributed by atoms with Gasteiger partial charge in [0.15, 0.2) is 0 Å². The van der Waals surface area contributed by atoms with Crippen LogP contribution in [0.4, 0.5) is 5.13 Å². The molecule has 10 heteroatoms. The lowest BCUT2D eigenvalue weighted by molar-refractivity contribution is -0.122. The third kappa shape index (κ3) is 5.16. The summed E-state index contributed by atoms with van der Waals surface area (Å²) in [6.07, 6.45) is 3.29. The van der Waals surface area contributed by atoms with Crippen molar-refractivity contribution in [2.75, 3.05) is 11.9 Å². The molecule has 6 nitrogen and oxygen atoms in total. The predicted octanol–water partition coefficient (Wildman–Crippen LogP) is 4.37. The number of amides is 2. The fraction of sp³-hybridized carbons (Fsp3) is 0.278. The minimum absolute atomic E-state index is 0.157. The van der Waals surface area contributed by atoms with Crippen LogP contribution in [0.15, 0.2) is 29.2 Å². The average Bonchev–Trinajstić information content (AvgIpc) is 3.23. The lowest BCUT2D eigenvalue weighted by atomic mass is 10.2. The van der Waals surface area contributed by atoms with Crippen molar-refractivity contribution in [3.8, 4) is 0 Å². The number of carbonyl (C=O) groups excluding carboxylic acids is 2. The molecule has 0 atom stereocenters. The zero-order chi connectivity index (χ0) is 20.1. The van der Waals surface area contributed by atoms with Crippen LogP contribution in [-0.4, -0.2) is 37.8 Å². The fourth-order valence-electron chi connectivity index (χ4n) is 2.45. The first-order valence-electron chi connectivity index (χ1n) is 8.60. The van der Waals surface area contributed by atoms with Gasteiger partial charge in [0, 0.05) is 18.0 Å². The quantitative estimate of drug-likeness (QED) is 0.496. The van der Waals surface area contributed by atoms with Crippen molar-refractivity contribution in [2.45, 2.75) is 26.2 Å². The van der Waals surface area contributed by atoms with E-state index in [0.717, 1.165) is 17.0 Å². The van der Waals surface area contributed by atoms with Crippen molar-refractivity contribution in [1.29, 1.82) is 0 Å². The number of hydrogen-bond donors (Lipinski definition) is 1. The highest BCUT2D eigenvalue weighted by Gasteiger charge is 2.31. The zero-order valence-electron chi connectivity index (χ0n) is 15.0. The summed E-state index contributed by atoms with van der Waals surface area (Å²) < 4.78 is 0.487. The van der Waals surface area contributed by atoms with Crippen molar-refractivity contribution in [1.82, 2.24) is 15.1 Å². The van der Waals surface area contributed by atoms with Crippen LogP contribution < -0.4 is 5.32 Å². The van der Waals surface area contributed by atoms with Crippen LogP contribution >= 0.6 is 46.9 Å². The van der Waals surface area contributed by atoms with Crippen LogP contribution in [0.25, 0.3) is 6.08 Å². The van der Waals surface area contributed by atoms with E-state index < -0.39 is 0 Å². The summed E-state index contributed by atoms with van der Waals surface area (Å²) in [7, 11) is 0. The van der Waals surface area contributed by atoms with E-state index in [1.54, 1.807) is 12.1 Å². The van der Waals surface area contributed by atoms with Crippen LogP contribution in [0.3, 0.4) is 0 Å². The Balaban J connectivity index is 1.53. The Morgan fingerprint density at radius 1 is 1.36 bits per heavy atom. The van der Waals surface area contributed by atoms with Gasteiger partial charge in [-0.25, -0.2) is 0 Å². The van der Waals surface area contributed by atoms with E-state index in [9.17, 15) is 9.59 Å². The van der Waals surface area contributed by atoms with Gasteiger partial charge in [0.2, 0.25) is 11.0 Å². The largest absolute Gasteiger partial charge is 0.301 e. The van der Waals surface area contributed by atoms with E-state index in [0.29, 0.717) is 32.3 Å². The van der Waals surface area contributed by atoms with Crippen LogP contribution in [0, 0.1) is 0 Å². The van der Waals surface area contributed by atoms with Crippen molar-refractivity contribution < 1.29 is 9.59 Å². The van der Waals surface area contributed by atoms with E-state index in [-0.39, 0.29) is 18.2 Å². The maximum Gasteiger partial charge on any atom is 0.266 e. The molecule has 0 unspecified atom stereocenters. The smallest absolute Gasteiger partial charge is 0.266 e. The molecular weight excluding hydrogens is 436 g/mol. The first-order valence-corrected chi connectivity index (χ1v) is 11.0. The van der Waals surface area contributed by atoms with Gasteiger partial charge in [-0.15, -0.1) is 10.2 Å². The molecule has 1 aliphatic rings. The van der Waals surface area contributed by atoms with E-state index in [4.69, 9.17) is 23.8 Å². The molecule has 0 radical (unpaired) electrons. The average molecular weight is 453 g/mol. The molecule has 1 aliphatic heterocycles. The third-order valence-electron chi connectivity index (χ3n) is 3.87. The number of carbonyl (C=O) groups is 2. The van der Waals surface area contributed by atoms with Gasteiger partial charge in [0.1, 0.15) is 9.33 Å². The summed E-state index contributed by atoms with van der Waals surface area (Å²) in [5.41, 5.74) is 0.771. The van der Waals surface area contributed by atoms with Gasteiger partial charge >= 0.3 is 0 Å². The van der Waals surface area contributed by atoms with Gasteiger partial charge in [-0.2, -0.15) is 0 Å². The van der Waals surface area contributed by atoms with E-state index in [1.165, 1.54) is 28.0 Å². The van der Waals surface area contributed by atoms with Crippen LogP contribution in [0.5, 0.6) is 0 Å². The van der Waals surface area contributed by atoms with Crippen molar-refractivity contribution >= 4 is 74.3 Å². The molecular formula is C18H17ClN4O2S3. The number of halogens is 1. The normalized spacial score (nSPS) is 15.5. The van der Waals surface area contributed by atoms with Crippen molar-refractivity contribution in [3.63, 3.8) is 0 Å². The number of aryl methyl sites for hydroxylation is 1. The highest BCUT2D eigenvalue weighted by atomic mass is 35.5. The Bertz CT molecular complexity index is 944. The molecule has 28 heavy (non-hydrogen) atoms. The Hall–Kier alpha value is -1.81. The second-order valence-electron chi connectivity index (χ2n) is 5.86. The lowest BCUT2D eigenvalue weighted by Gasteiger charge is -2.13. The molecule has 2 aromatic rings. The SMILES string of the molecule is CCc1nnc(NC(=O)CCCN2C(=O)/C(=C/c3ccccc3Cl)SC2=S)s1. The number of aromatic nitrogens is 2. The lowest BCUT2D eigenvalue weighted by Crippen LogP contribution is -2.29. The summed E-state index contributed by atoms with van der Waals surface area (Å²) in [6.45, 7) is 2.36. The Kier molecular flexibility index (Phi) is 7.17. The van der Waals surface area contributed by atoms with Gasteiger partial charge in [0.05, 0.1) is 4.91 Å². The summed E-state index contributed by atoms with van der Waals surface area (Å²) in [6, 6.07) is 7.31. The van der Waals surface area contributed by atoms with Crippen molar-refractivity contribution in [2.24, 2.45) is 0 Å². The van der Waals surface area contributed by atoms with Gasteiger partial charge < -0.3 is 5.32 Å². The number of benzene rings is 1. The molecule has 1 N–H and O–H groups in total. The van der Waals surface area contributed by atoms with Gasteiger partial charge in [0.25, 0.3) is 5.91 Å². The molecule has 1 saturated heterocycles. The molecule has 0 bridgehead atoms. The molecule has 1 fully saturated rings. The predicted molar refractivity (Wildman–Crippen MR) is 118 cm³/mol. The molecule has 0 spiro atoms. The highest BCUT2D eigenvalue weighted by Crippen LogP contribution is 2.33. The minimum Gasteiger partial charge on any atom is -0.301 e. The van der Waals surface area contributed by atoms with Gasteiger partial charge in [-0.3, -0.25) is 14.5 Å². The zero-order valence-corrected chi connectivity index (χ0v) is 18.2. The second-order valence-corrected chi connectivity index (χ2v) is 9.01. The monoisotopic (exact) mass is 452 g/mol. The third-order valence-corrected chi connectivity index (χ3v) is 6.57. The number of hydrogen-bond acceptors (Lipinski definition) is 7. The molecule has 0 aliphatic carbocycles. The van der Waals surface area contributed by atoms with E-state index in [1.807, 2.05) is 25.1 Å². The first-order chi connectivity index (χ1) is 13.5. The van der Waals surface area contributed by atoms with E-state index in [2.05, 4.69) is 15.5 Å². The van der Waals surface area contributed by atoms with Crippen LogP contribution in [-0.2, 0) is 16.0 Å². The number of thioether (sulfide) groups is 1. The molecule has 2 amide bonds. The standard InChI is InChI=1S/C18H17ClN4O2S3/c1-2-15-21-22-17(28-15)20-14(24)8-5-9-23-16(25)13(27-18(23)26)10-11-6-3-4-7-12(11)19/h3-4,6-7,10H,2,5,8-9H2,1H3,(H,20,22,24)/b13-10-. The summed E-state index contributed by atoms with van der Waals surface area (Å²) in [4.78, 5) is 26.7. The maximum absolute atomic E-state index is 12.6. The minimum atomic E-state index is -0.160. The number of thiocarbonyl (C=S) groups is 1. The van der Waals surface area contributed by atoms with E-state index >= 15 is 0 Å². The summed E-state index contributed by atoms with van der Waals surface area (Å²) >= 11 is 14.1. The van der Waals surface area contributed by atoms with Gasteiger partial charge in [-0.05, 0) is 30.5 Å². The fourth-order valence-corrected chi connectivity index (χ4v) is 4.64. The maximum atomic E-state index is 12.6. The van der Waals surface area contributed by atoms with Crippen molar-refractivity contribution in [3.05, 3.63) is 44.8 Å². The number of nitrogens with one attached hydrogen (secondary N) is 1. The second kappa shape index (κ2) is 9.60. The topological polar surface area (TPSA) is 75.2 Å². The number of nitrogens with zero attached hydrogens (tertiary/aromatic N) is 3. The van der Waals surface area contributed by atoms with Crippen LogP contribution in [0.1, 0.15) is 30.3 Å². The van der Waals surface area contributed by atoms with Gasteiger partial charge in [-0.1, -0.05) is 72.0 Å². The summed E-state index contributed by atoms with van der Waals surface area (Å²) in [5.74, 6) is -0.317. The Morgan fingerprint density at radius 2 is 2.14 bits per heavy atom. The molecule has 2 heterocycles. The Labute approximate surface area is 181 Å². The van der Waals surface area contributed by atoms with Crippen LogP contribution in [0.2, 0.25) is 5.02 Å². The molecule has 3 rings (SSSR count). The molecule has 1 aromatic carbocycles. The molecule has 0 saturated carbocycles. The molecule has 1 aromatic heterocycles. The molecule has 146 valence electrons. The first kappa shape index (κ1) is 20.9. The summed E-state index contributed by atoms with van der Waals surface area (Å²) in [5, 5.41) is 12.6. The number of anilines is 1.